The number of anilines is 1. The number of hydrogen-bond donors (Lipinski definition) is 1. The second-order valence-electron chi connectivity index (χ2n) is 8.07. The molecule has 3 rings (SSSR count). The molecule has 0 aliphatic heterocycles. The molecule has 2 unspecified atom stereocenters. The maximum Gasteiger partial charge on any atom is 0.330 e. The first-order valence-corrected chi connectivity index (χ1v) is 10.2. The van der Waals surface area contributed by atoms with Crippen LogP contribution in [0.2, 0.25) is 5.02 Å². The first-order valence-electron chi connectivity index (χ1n) is 9.79. The van der Waals surface area contributed by atoms with Gasteiger partial charge in [0.1, 0.15) is 11.3 Å². The minimum Gasteiger partial charge on any atom is -0.489 e. The summed E-state index contributed by atoms with van der Waals surface area (Å²) in [6.07, 6.45) is 11.1. The average molecular weight is 404 g/mol. The van der Waals surface area contributed by atoms with Gasteiger partial charge in [-0.2, -0.15) is 0 Å². The van der Waals surface area contributed by atoms with Crippen LogP contribution in [0, 0.1) is 25.2 Å². The van der Waals surface area contributed by atoms with Crippen LogP contribution in [0.5, 0.6) is 5.75 Å². The van der Waals surface area contributed by atoms with Crippen molar-refractivity contribution in [2.45, 2.75) is 70.4 Å². The third kappa shape index (κ3) is 3.71. The number of aryl methyl sites for hydroxylation is 1. The Hall–Kier alpha value is -2.19. The van der Waals surface area contributed by atoms with Crippen LogP contribution in [-0.2, 0) is 9.59 Å². The number of rotatable bonds is 5. The molecule has 2 aliphatic rings. The number of benzene rings is 1. The Labute approximate surface area is 171 Å². The average Bonchev–Trinajstić information content (AvgIpc) is 2.59. The highest BCUT2D eigenvalue weighted by Crippen LogP contribution is 2.43. The van der Waals surface area contributed by atoms with E-state index < -0.39 is 17.4 Å². The van der Waals surface area contributed by atoms with Crippen LogP contribution in [0.25, 0.3) is 0 Å². The van der Waals surface area contributed by atoms with Crippen molar-refractivity contribution in [1.29, 1.82) is 0 Å². The van der Waals surface area contributed by atoms with E-state index in [2.05, 4.69) is 5.92 Å². The first kappa shape index (κ1) is 20.5. The van der Waals surface area contributed by atoms with Gasteiger partial charge in [-0.15, -0.1) is 6.42 Å². The van der Waals surface area contributed by atoms with E-state index in [-0.39, 0.29) is 12.0 Å². The fourth-order valence-electron chi connectivity index (χ4n) is 4.29. The molecule has 2 fully saturated rings. The van der Waals surface area contributed by atoms with Gasteiger partial charge in [-0.1, -0.05) is 31.4 Å². The number of ether oxygens (including phenoxy) is 1. The van der Waals surface area contributed by atoms with Gasteiger partial charge in [0.15, 0.2) is 0 Å². The van der Waals surface area contributed by atoms with Crippen molar-refractivity contribution in [2.75, 3.05) is 4.90 Å². The number of carboxylic acid groups (broad SMARTS) is 1. The van der Waals surface area contributed by atoms with E-state index in [0.717, 1.165) is 37.7 Å². The normalized spacial score (nSPS) is 24.7. The Morgan fingerprint density at radius 1 is 1.32 bits per heavy atom. The standard InChI is InChI=1S/C22H26ClNO4/c1-4-19(25)24(22(21(26)27)10-6-7-14(2)13-22)16-11-15(3)20(18(23)12-16)28-17-8-5-9-17/h1,11-12,14,17H,5-10,13H2,2-3H3,(H,26,27). The summed E-state index contributed by atoms with van der Waals surface area (Å²) < 4.78 is 5.98. The molecule has 150 valence electrons. The first-order chi connectivity index (χ1) is 13.3. The minimum absolute atomic E-state index is 0.162. The van der Waals surface area contributed by atoms with E-state index in [1.165, 1.54) is 4.90 Å². The third-order valence-electron chi connectivity index (χ3n) is 5.94. The summed E-state index contributed by atoms with van der Waals surface area (Å²) in [5.74, 6) is 1.17. The Morgan fingerprint density at radius 2 is 2.04 bits per heavy atom. The molecule has 2 saturated carbocycles. The molecular weight excluding hydrogens is 378 g/mol. The lowest BCUT2D eigenvalue weighted by atomic mass is 9.75. The van der Waals surface area contributed by atoms with Crippen molar-refractivity contribution in [3.63, 3.8) is 0 Å². The zero-order chi connectivity index (χ0) is 20.5. The van der Waals surface area contributed by atoms with Crippen molar-refractivity contribution in [1.82, 2.24) is 0 Å². The molecule has 2 aliphatic carbocycles. The number of carbonyl (C=O) groups excluding carboxylic acids is 1. The summed E-state index contributed by atoms with van der Waals surface area (Å²) in [4.78, 5) is 26.3. The van der Waals surface area contributed by atoms with E-state index in [1.807, 2.05) is 13.8 Å². The van der Waals surface area contributed by atoms with Gasteiger partial charge in [-0.3, -0.25) is 9.69 Å². The quantitative estimate of drug-likeness (QED) is 0.731. The smallest absolute Gasteiger partial charge is 0.330 e. The molecule has 1 aromatic rings. The highest BCUT2D eigenvalue weighted by molar-refractivity contribution is 6.32. The van der Waals surface area contributed by atoms with Gasteiger partial charge in [-0.05, 0) is 68.6 Å². The predicted octanol–water partition coefficient (Wildman–Crippen LogP) is 4.58. The number of hydrogen-bond acceptors (Lipinski definition) is 3. The van der Waals surface area contributed by atoms with Gasteiger partial charge >= 0.3 is 11.9 Å². The summed E-state index contributed by atoms with van der Waals surface area (Å²) >= 11 is 6.48. The molecule has 1 amide bonds. The summed E-state index contributed by atoms with van der Waals surface area (Å²) in [5.41, 5.74) is -0.204. The van der Waals surface area contributed by atoms with Crippen LogP contribution < -0.4 is 9.64 Å². The second-order valence-corrected chi connectivity index (χ2v) is 8.47. The fourth-order valence-corrected chi connectivity index (χ4v) is 4.59. The van der Waals surface area contributed by atoms with E-state index in [4.69, 9.17) is 22.8 Å². The van der Waals surface area contributed by atoms with Crippen molar-refractivity contribution in [2.24, 2.45) is 5.92 Å². The van der Waals surface area contributed by atoms with Crippen molar-refractivity contribution >= 4 is 29.2 Å². The van der Waals surface area contributed by atoms with E-state index in [0.29, 0.717) is 29.3 Å². The van der Waals surface area contributed by atoms with Crippen LogP contribution in [0.3, 0.4) is 0 Å². The zero-order valence-corrected chi connectivity index (χ0v) is 17.1. The third-order valence-corrected chi connectivity index (χ3v) is 6.22. The van der Waals surface area contributed by atoms with Crippen LogP contribution in [0.4, 0.5) is 5.69 Å². The van der Waals surface area contributed by atoms with Crippen molar-refractivity contribution < 1.29 is 19.4 Å². The zero-order valence-electron chi connectivity index (χ0n) is 16.3. The molecule has 5 nitrogen and oxygen atoms in total. The molecule has 28 heavy (non-hydrogen) atoms. The Morgan fingerprint density at radius 3 is 2.54 bits per heavy atom. The van der Waals surface area contributed by atoms with E-state index >= 15 is 0 Å². The van der Waals surface area contributed by atoms with Crippen LogP contribution in [-0.4, -0.2) is 28.6 Å². The molecule has 0 aromatic heterocycles. The number of halogens is 1. The maximum absolute atomic E-state index is 12.7. The molecule has 1 N–H and O–H groups in total. The van der Waals surface area contributed by atoms with Gasteiger partial charge < -0.3 is 9.84 Å². The van der Waals surface area contributed by atoms with E-state index in [1.54, 1.807) is 12.1 Å². The molecule has 6 heteroatoms. The summed E-state index contributed by atoms with van der Waals surface area (Å²) in [5, 5.41) is 10.5. The number of aliphatic carboxylic acids is 1. The Kier molecular flexibility index (Phi) is 5.90. The molecule has 0 bridgehead atoms. The van der Waals surface area contributed by atoms with Gasteiger partial charge in [0.25, 0.3) is 0 Å². The Balaban J connectivity index is 2.05. The summed E-state index contributed by atoms with van der Waals surface area (Å²) in [7, 11) is 0. The lowest BCUT2D eigenvalue weighted by Gasteiger charge is -2.44. The fraction of sp³-hybridized carbons (Fsp3) is 0.545. The largest absolute Gasteiger partial charge is 0.489 e. The highest BCUT2D eigenvalue weighted by Gasteiger charge is 2.49. The van der Waals surface area contributed by atoms with Crippen LogP contribution >= 0.6 is 11.6 Å². The molecule has 2 atom stereocenters. The van der Waals surface area contributed by atoms with Gasteiger partial charge in [0.05, 0.1) is 11.1 Å². The van der Waals surface area contributed by atoms with Gasteiger partial charge in [0, 0.05) is 5.69 Å². The monoisotopic (exact) mass is 403 g/mol. The summed E-state index contributed by atoms with van der Waals surface area (Å²) in [6.45, 7) is 3.85. The molecule has 0 radical (unpaired) electrons. The SMILES string of the molecule is C#CC(=O)N(c1cc(C)c(OC2CCC2)c(Cl)c1)C1(C(=O)O)CCCC(C)C1. The second kappa shape index (κ2) is 8.05. The van der Waals surface area contributed by atoms with Gasteiger partial charge in [-0.25, -0.2) is 4.79 Å². The number of amides is 1. The topological polar surface area (TPSA) is 66.8 Å². The summed E-state index contributed by atoms with van der Waals surface area (Å²) in [6, 6.07) is 3.35. The Bertz CT molecular complexity index is 803. The number of terminal acetylenes is 1. The maximum atomic E-state index is 12.7. The molecule has 0 saturated heterocycles. The number of carboxylic acids is 1. The van der Waals surface area contributed by atoms with Gasteiger partial charge in [0.2, 0.25) is 0 Å². The number of carbonyl (C=O) groups is 2. The lowest BCUT2D eigenvalue weighted by Crippen LogP contribution is -2.59. The van der Waals surface area contributed by atoms with Crippen molar-refractivity contribution in [3.05, 3.63) is 22.7 Å². The van der Waals surface area contributed by atoms with E-state index in [9.17, 15) is 14.7 Å². The molecular formula is C22H26ClNO4. The lowest BCUT2D eigenvalue weighted by molar-refractivity contribution is -0.146. The molecule has 0 spiro atoms. The highest BCUT2D eigenvalue weighted by atomic mass is 35.5. The number of nitrogens with zero attached hydrogens (tertiary/aromatic N) is 1. The molecule has 1 aromatic carbocycles. The van der Waals surface area contributed by atoms with Crippen LogP contribution in [0.1, 0.15) is 57.4 Å². The van der Waals surface area contributed by atoms with Crippen LogP contribution in [0.15, 0.2) is 12.1 Å². The van der Waals surface area contributed by atoms with Crippen molar-refractivity contribution in [3.8, 4) is 18.1 Å². The minimum atomic E-state index is -1.37. The molecule has 0 heterocycles. The predicted molar refractivity (Wildman–Crippen MR) is 109 cm³/mol.